The number of aromatic nitrogens is 2. The van der Waals surface area contributed by atoms with Gasteiger partial charge in [0.1, 0.15) is 12.4 Å². The highest BCUT2D eigenvalue weighted by Gasteiger charge is 2.13. The molecule has 0 spiro atoms. The van der Waals surface area contributed by atoms with Crippen molar-refractivity contribution in [2.45, 2.75) is 33.2 Å². The molecule has 0 radical (unpaired) electrons. The number of imidazole rings is 1. The van der Waals surface area contributed by atoms with Gasteiger partial charge < -0.3 is 9.88 Å². The Labute approximate surface area is 136 Å². The van der Waals surface area contributed by atoms with E-state index >= 15 is 0 Å². The van der Waals surface area contributed by atoms with Crippen molar-refractivity contribution in [3.63, 3.8) is 0 Å². The molecule has 3 rings (SSSR count). The summed E-state index contributed by atoms with van der Waals surface area (Å²) in [5, 5.41) is 2.95. The van der Waals surface area contributed by atoms with E-state index in [0.29, 0.717) is 0 Å². The summed E-state index contributed by atoms with van der Waals surface area (Å²) in [6, 6.07) is 15.8. The van der Waals surface area contributed by atoms with Crippen LogP contribution in [0.1, 0.15) is 24.7 Å². The minimum Gasteiger partial charge on any atom is -0.325 e. The van der Waals surface area contributed by atoms with Gasteiger partial charge in [-0.05, 0) is 37.6 Å². The molecule has 1 N–H and O–H groups in total. The van der Waals surface area contributed by atoms with Crippen molar-refractivity contribution < 1.29 is 4.79 Å². The van der Waals surface area contributed by atoms with Crippen LogP contribution in [-0.4, -0.2) is 15.5 Å². The van der Waals surface area contributed by atoms with Gasteiger partial charge in [-0.25, -0.2) is 4.98 Å². The number of nitrogens with one attached hydrogen (secondary N) is 1. The van der Waals surface area contributed by atoms with Gasteiger partial charge in [-0.15, -0.1) is 0 Å². The number of amides is 1. The van der Waals surface area contributed by atoms with Crippen molar-refractivity contribution in [2.75, 3.05) is 5.32 Å². The third-order valence-electron chi connectivity index (χ3n) is 3.84. The molecule has 0 atom stereocenters. The van der Waals surface area contributed by atoms with E-state index in [2.05, 4.69) is 17.2 Å². The quantitative estimate of drug-likeness (QED) is 0.776. The summed E-state index contributed by atoms with van der Waals surface area (Å²) in [4.78, 5) is 17.1. The van der Waals surface area contributed by atoms with Gasteiger partial charge in [-0.2, -0.15) is 0 Å². The van der Waals surface area contributed by atoms with Crippen LogP contribution in [0.5, 0.6) is 0 Å². The molecule has 1 heterocycles. The number of hydrogen-bond donors (Lipinski definition) is 1. The predicted octanol–water partition coefficient (Wildman–Crippen LogP) is 3.94. The van der Waals surface area contributed by atoms with Crippen LogP contribution in [0.15, 0.2) is 48.5 Å². The molecule has 2 aromatic carbocycles. The van der Waals surface area contributed by atoms with Gasteiger partial charge in [0.05, 0.1) is 11.0 Å². The van der Waals surface area contributed by atoms with Crippen LogP contribution in [0, 0.1) is 6.92 Å². The number of carbonyl (C=O) groups is 1. The molecule has 0 fully saturated rings. The van der Waals surface area contributed by atoms with E-state index in [1.54, 1.807) is 0 Å². The Morgan fingerprint density at radius 1 is 1.13 bits per heavy atom. The second-order valence-corrected chi connectivity index (χ2v) is 5.77. The topological polar surface area (TPSA) is 46.9 Å². The van der Waals surface area contributed by atoms with Crippen LogP contribution < -0.4 is 5.32 Å². The SMILES string of the molecule is CCCc1nc2ccccc2n1CC(=O)Nc1ccc(C)cc1. The Bertz CT molecular complexity index is 818. The molecule has 0 aliphatic rings. The van der Waals surface area contributed by atoms with Crippen molar-refractivity contribution in [3.8, 4) is 0 Å². The molecular weight excluding hydrogens is 286 g/mol. The smallest absolute Gasteiger partial charge is 0.244 e. The zero-order valence-electron chi connectivity index (χ0n) is 13.5. The number of nitrogens with zero attached hydrogens (tertiary/aromatic N) is 2. The van der Waals surface area contributed by atoms with Gasteiger partial charge >= 0.3 is 0 Å². The number of rotatable bonds is 5. The first-order valence-corrected chi connectivity index (χ1v) is 7.98. The fourth-order valence-corrected chi connectivity index (χ4v) is 2.70. The summed E-state index contributed by atoms with van der Waals surface area (Å²) in [6.45, 7) is 4.43. The summed E-state index contributed by atoms with van der Waals surface area (Å²) in [5.41, 5.74) is 3.95. The second-order valence-electron chi connectivity index (χ2n) is 5.77. The molecule has 0 saturated heterocycles. The molecule has 118 valence electrons. The third kappa shape index (κ3) is 3.42. The second kappa shape index (κ2) is 6.65. The van der Waals surface area contributed by atoms with Gasteiger partial charge in [0.15, 0.2) is 0 Å². The fourth-order valence-electron chi connectivity index (χ4n) is 2.70. The van der Waals surface area contributed by atoms with E-state index in [0.717, 1.165) is 35.4 Å². The number of para-hydroxylation sites is 2. The molecule has 0 saturated carbocycles. The lowest BCUT2D eigenvalue weighted by molar-refractivity contribution is -0.116. The molecule has 1 amide bonds. The summed E-state index contributed by atoms with van der Waals surface area (Å²) in [5.74, 6) is 0.933. The van der Waals surface area contributed by atoms with Gasteiger partial charge in [0.2, 0.25) is 5.91 Å². The zero-order chi connectivity index (χ0) is 16.2. The normalized spacial score (nSPS) is 10.9. The van der Waals surface area contributed by atoms with Gasteiger partial charge in [-0.1, -0.05) is 36.8 Å². The summed E-state index contributed by atoms with van der Waals surface area (Å²) >= 11 is 0. The lowest BCUT2D eigenvalue weighted by atomic mass is 10.2. The Morgan fingerprint density at radius 2 is 1.87 bits per heavy atom. The molecule has 0 bridgehead atoms. The van der Waals surface area contributed by atoms with E-state index in [-0.39, 0.29) is 12.5 Å². The Morgan fingerprint density at radius 3 is 2.61 bits per heavy atom. The van der Waals surface area contributed by atoms with Crippen molar-refractivity contribution in [1.29, 1.82) is 0 Å². The number of hydrogen-bond acceptors (Lipinski definition) is 2. The van der Waals surface area contributed by atoms with Crippen molar-refractivity contribution >= 4 is 22.6 Å². The number of anilines is 1. The van der Waals surface area contributed by atoms with Crippen LogP contribution >= 0.6 is 0 Å². The Hall–Kier alpha value is -2.62. The zero-order valence-corrected chi connectivity index (χ0v) is 13.5. The van der Waals surface area contributed by atoms with E-state index in [4.69, 9.17) is 0 Å². The molecule has 3 aromatic rings. The minimum absolute atomic E-state index is 0.0330. The Balaban J connectivity index is 1.83. The molecule has 0 aliphatic heterocycles. The highest BCUT2D eigenvalue weighted by molar-refractivity contribution is 5.91. The van der Waals surface area contributed by atoms with Gasteiger partial charge in [0.25, 0.3) is 0 Å². The maximum Gasteiger partial charge on any atom is 0.244 e. The lowest BCUT2D eigenvalue weighted by Gasteiger charge is -2.10. The summed E-state index contributed by atoms with van der Waals surface area (Å²) < 4.78 is 2.02. The molecule has 4 heteroatoms. The van der Waals surface area contributed by atoms with E-state index in [1.807, 2.05) is 60.0 Å². The summed E-state index contributed by atoms with van der Waals surface area (Å²) in [7, 11) is 0. The average Bonchev–Trinajstić information content (AvgIpc) is 2.88. The first kappa shape index (κ1) is 15.3. The van der Waals surface area contributed by atoms with Crippen LogP contribution in [0.25, 0.3) is 11.0 Å². The fraction of sp³-hybridized carbons (Fsp3) is 0.263. The highest BCUT2D eigenvalue weighted by atomic mass is 16.1. The van der Waals surface area contributed by atoms with E-state index < -0.39 is 0 Å². The maximum absolute atomic E-state index is 12.4. The van der Waals surface area contributed by atoms with Crippen molar-refractivity contribution in [3.05, 3.63) is 59.9 Å². The molecule has 1 aromatic heterocycles. The first-order chi connectivity index (χ1) is 11.2. The van der Waals surface area contributed by atoms with Crippen LogP contribution in [-0.2, 0) is 17.8 Å². The van der Waals surface area contributed by atoms with E-state index in [1.165, 1.54) is 5.56 Å². The monoisotopic (exact) mass is 307 g/mol. The number of benzene rings is 2. The van der Waals surface area contributed by atoms with Crippen LogP contribution in [0.2, 0.25) is 0 Å². The molecule has 0 aliphatic carbocycles. The molecule has 4 nitrogen and oxygen atoms in total. The lowest BCUT2D eigenvalue weighted by Crippen LogP contribution is -2.20. The van der Waals surface area contributed by atoms with Gasteiger partial charge in [0, 0.05) is 12.1 Å². The van der Waals surface area contributed by atoms with Gasteiger partial charge in [-0.3, -0.25) is 4.79 Å². The van der Waals surface area contributed by atoms with Crippen molar-refractivity contribution in [1.82, 2.24) is 9.55 Å². The third-order valence-corrected chi connectivity index (χ3v) is 3.84. The summed E-state index contributed by atoms with van der Waals surface area (Å²) in [6.07, 6.45) is 1.87. The average molecular weight is 307 g/mol. The maximum atomic E-state index is 12.4. The minimum atomic E-state index is -0.0330. The highest BCUT2D eigenvalue weighted by Crippen LogP contribution is 2.17. The Kier molecular flexibility index (Phi) is 4.42. The molecule has 0 unspecified atom stereocenters. The molecule has 23 heavy (non-hydrogen) atoms. The van der Waals surface area contributed by atoms with Crippen molar-refractivity contribution in [2.24, 2.45) is 0 Å². The largest absolute Gasteiger partial charge is 0.325 e. The number of carbonyl (C=O) groups excluding carboxylic acids is 1. The molecular formula is C19H21N3O. The van der Waals surface area contributed by atoms with E-state index in [9.17, 15) is 4.79 Å². The number of fused-ring (bicyclic) bond motifs is 1. The standard InChI is InChI=1S/C19H21N3O/c1-3-6-18-21-16-7-4-5-8-17(16)22(18)13-19(23)20-15-11-9-14(2)10-12-15/h4-5,7-12H,3,6,13H2,1-2H3,(H,20,23). The van der Waals surface area contributed by atoms with Crippen LogP contribution in [0.3, 0.4) is 0 Å². The number of aryl methyl sites for hydroxylation is 2. The van der Waals surface area contributed by atoms with Crippen LogP contribution in [0.4, 0.5) is 5.69 Å². The predicted molar refractivity (Wildman–Crippen MR) is 93.5 cm³/mol. The first-order valence-electron chi connectivity index (χ1n) is 7.98.